The minimum Gasteiger partial charge on any atom is -0.496 e. The van der Waals surface area contributed by atoms with Gasteiger partial charge in [0.2, 0.25) is 11.8 Å². The van der Waals surface area contributed by atoms with Gasteiger partial charge in [-0.15, -0.1) is 10.2 Å². The van der Waals surface area contributed by atoms with Crippen LogP contribution in [0.25, 0.3) is 0 Å². The summed E-state index contributed by atoms with van der Waals surface area (Å²) in [4.78, 5) is 0. The molecule has 1 atom stereocenters. The summed E-state index contributed by atoms with van der Waals surface area (Å²) in [5.41, 5.74) is 2.46. The van der Waals surface area contributed by atoms with E-state index in [-0.39, 0.29) is 11.5 Å². The van der Waals surface area contributed by atoms with E-state index in [9.17, 15) is 0 Å². The van der Waals surface area contributed by atoms with Crippen LogP contribution in [0, 0.1) is 13.8 Å². The van der Waals surface area contributed by atoms with Gasteiger partial charge in [0.05, 0.1) is 13.2 Å². The van der Waals surface area contributed by atoms with Crippen LogP contribution in [0.5, 0.6) is 5.75 Å². The van der Waals surface area contributed by atoms with Crippen molar-refractivity contribution in [2.24, 2.45) is 0 Å². The van der Waals surface area contributed by atoms with Crippen molar-refractivity contribution in [3.05, 3.63) is 41.1 Å². The molecule has 0 amide bonds. The molecule has 1 aromatic carbocycles. The van der Waals surface area contributed by atoms with Crippen molar-refractivity contribution >= 4 is 0 Å². The molecule has 1 aliphatic heterocycles. The number of benzene rings is 1. The Morgan fingerprint density at radius 1 is 1.24 bits per heavy atom. The molecule has 2 aromatic rings. The number of aromatic nitrogens is 2. The summed E-state index contributed by atoms with van der Waals surface area (Å²) in [5, 5.41) is 11.6. The van der Waals surface area contributed by atoms with Crippen molar-refractivity contribution in [2.45, 2.75) is 45.1 Å². The Kier molecular flexibility index (Phi) is 5.39. The van der Waals surface area contributed by atoms with Gasteiger partial charge in [-0.05, 0) is 32.8 Å². The molecule has 0 saturated carbocycles. The largest absolute Gasteiger partial charge is 0.496 e. The molecule has 1 fully saturated rings. The fourth-order valence-electron chi connectivity index (χ4n) is 3.46. The van der Waals surface area contributed by atoms with Crippen molar-refractivity contribution in [3.63, 3.8) is 0 Å². The summed E-state index contributed by atoms with van der Waals surface area (Å²) in [6.07, 6.45) is 1.91. The third-order valence-electron chi connectivity index (χ3n) is 5.03. The van der Waals surface area contributed by atoms with Gasteiger partial charge >= 0.3 is 0 Å². The van der Waals surface area contributed by atoms with Crippen LogP contribution in [-0.4, -0.2) is 37.1 Å². The zero-order valence-corrected chi connectivity index (χ0v) is 15.5. The van der Waals surface area contributed by atoms with Crippen molar-refractivity contribution < 1.29 is 13.9 Å². The Balaban J connectivity index is 1.85. The lowest BCUT2D eigenvalue weighted by Gasteiger charge is -2.39. The summed E-state index contributed by atoms with van der Waals surface area (Å²) in [7, 11) is 1.73. The van der Waals surface area contributed by atoms with E-state index in [4.69, 9.17) is 13.9 Å². The predicted octanol–water partition coefficient (Wildman–Crippen LogP) is 3.09. The van der Waals surface area contributed by atoms with Gasteiger partial charge in [-0.2, -0.15) is 0 Å². The topological polar surface area (TPSA) is 69.4 Å². The van der Waals surface area contributed by atoms with Crippen LogP contribution < -0.4 is 10.1 Å². The smallest absolute Gasteiger partial charge is 0.233 e. The van der Waals surface area contributed by atoms with E-state index in [1.807, 2.05) is 6.92 Å². The summed E-state index contributed by atoms with van der Waals surface area (Å²) in [5.74, 6) is 2.15. The zero-order valence-electron chi connectivity index (χ0n) is 15.5. The molecule has 136 valence electrons. The number of aryl methyl sites for hydroxylation is 2. The quantitative estimate of drug-likeness (QED) is 0.867. The second-order valence-corrected chi connectivity index (χ2v) is 6.86. The molecule has 0 unspecified atom stereocenters. The molecule has 2 heterocycles. The first kappa shape index (κ1) is 17.9. The Morgan fingerprint density at radius 2 is 2.00 bits per heavy atom. The average molecular weight is 345 g/mol. The van der Waals surface area contributed by atoms with Crippen LogP contribution in [-0.2, 0) is 10.2 Å². The fraction of sp³-hybridized carbons (Fsp3) is 0.579. The van der Waals surface area contributed by atoms with Gasteiger partial charge in [0, 0.05) is 37.7 Å². The van der Waals surface area contributed by atoms with Crippen molar-refractivity contribution in [1.82, 2.24) is 15.5 Å². The van der Waals surface area contributed by atoms with Gasteiger partial charge < -0.3 is 19.2 Å². The first-order valence-electron chi connectivity index (χ1n) is 8.80. The molecule has 3 rings (SSSR count). The minimum atomic E-state index is -0.0288. The molecule has 1 aromatic heterocycles. The Labute approximate surface area is 148 Å². The van der Waals surface area contributed by atoms with E-state index in [1.165, 1.54) is 11.1 Å². The average Bonchev–Trinajstić information content (AvgIpc) is 3.07. The highest BCUT2D eigenvalue weighted by Gasteiger charge is 2.37. The number of ether oxygens (including phenoxy) is 2. The lowest BCUT2D eigenvalue weighted by atomic mass is 9.73. The fourth-order valence-corrected chi connectivity index (χ4v) is 3.46. The standard InChI is InChI=1S/C19H27N3O3/c1-13-5-6-17(23-4)16(11-13)19(7-9-24-10-8-19)12-20-14(2)18-22-21-15(3)25-18/h5-6,11,14,20H,7-10,12H2,1-4H3/t14-/m1/s1. The minimum absolute atomic E-state index is 0.00303. The van der Waals surface area contributed by atoms with Gasteiger partial charge in [0.1, 0.15) is 5.75 Å². The van der Waals surface area contributed by atoms with Crippen LogP contribution in [0.3, 0.4) is 0 Å². The Bertz CT molecular complexity index is 708. The van der Waals surface area contributed by atoms with Gasteiger partial charge in [-0.3, -0.25) is 0 Å². The van der Waals surface area contributed by atoms with Crippen LogP contribution in [0.2, 0.25) is 0 Å². The lowest BCUT2D eigenvalue weighted by molar-refractivity contribution is 0.0478. The van der Waals surface area contributed by atoms with E-state index in [0.717, 1.165) is 38.3 Å². The molecule has 0 bridgehead atoms. The van der Waals surface area contributed by atoms with Gasteiger partial charge in [0.15, 0.2) is 0 Å². The van der Waals surface area contributed by atoms with Gasteiger partial charge in [-0.25, -0.2) is 0 Å². The highest BCUT2D eigenvalue weighted by atomic mass is 16.5. The highest BCUT2D eigenvalue weighted by molar-refractivity contribution is 5.43. The molecule has 0 aliphatic carbocycles. The zero-order chi connectivity index (χ0) is 17.9. The third-order valence-corrected chi connectivity index (χ3v) is 5.03. The first-order valence-corrected chi connectivity index (χ1v) is 8.80. The number of nitrogens with zero attached hydrogens (tertiary/aromatic N) is 2. The molecule has 6 heteroatoms. The molecule has 6 nitrogen and oxygen atoms in total. The molecule has 1 aliphatic rings. The van der Waals surface area contributed by atoms with Crippen LogP contribution in [0.4, 0.5) is 0 Å². The van der Waals surface area contributed by atoms with Crippen LogP contribution in [0.1, 0.15) is 48.7 Å². The lowest BCUT2D eigenvalue weighted by Crippen LogP contribution is -2.43. The van der Waals surface area contributed by atoms with Gasteiger partial charge in [0.25, 0.3) is 0 Å². The highest BCUT2D eigenvalue weighted by Crippen LogP contribution is 2.40. The summed E-state index contributed by atoms with van der Waals surface area (Å²) in [6, 6.07) is 6.39. The van der Waals surface area contributed by atoms with Crippen LogP contribution in [0.15, 0.2) is 22.6 Å². The maximum absolute atomic E-state index is 5.66. The number of nitrogens with one attached hydrogen (secondary N) is 1. The maximum atomic E-state index is 5.66. The summed E-state index contributed by atoms with van der Waals surface area (Å²) < 4.78 is 16.9. The Morgan fingerprint density at radius 3 is 2.64 bits per heavy atom. The maximum Gasteiger partial charge on any atom is 0.233 e. The number of hydrogen-bond acceptors (Lipinski definition) is 6. The van der Waals surface area contributed by atoms with Crippen molar-refractivity contribution in [1.29, 1.82) is 0 Å². The predicted molar refractivity (Wildman–Crippen MR) is 94.9 cm³/mol. The molecule has 0 radical (unpaired) electrons. The molecular weight excluding hydrogens is 318 g/mol. The summed E-state index contributed by atoms with van der Waals surface area (Å²) >= 11 is 0. The van der Waals surface area contributed by atoms with Crippen molar-refractivity contribution in [2.75, 3.05) is 26.9 Å². The molecule has 0 spiro atoms. The van der Waals surface area contributed by atoms with E-state index < -0.39 is 0 Å². The van der Waals surface area contributed by atoms with E-state index >= 15 is 0 Å². The van der Waals surface area contributed by atoms with E-state index in [2.05, 4.69) is 40.6 Å². The second-order valence-electron chi connectivity index (χ2n) is 6.86. The SMILES string of the molecule is COc1ccc(C)cc1C1(CN[C@H](C)c2nnc(C)o2)CCOCC1. The Hall–Kier alpha value is -1.92. The number of rotatable bonds is 6. The third kappa shape index (κ3) is 3.85. The molecule has 1 N–H and O–H groups in total. The summed E-state index contributed by atoms with van der Waals surface area (Å²) in [6.45, 7) is 8.29. The second kappa shape index (κ2) is 7.54. The number of methoxy groups -OCH3 is 1. The van der Waals surface area contributed by atoms with Gasteiger partial charge in [-0.1, -0.05) is 17.7 Å². The molecule has 1 saturated heterocycles. The first-order chi connectivity index (χ1) is 12.0. The normalized spacial score (nSPS) is 18.1. The van der Waals surface area contributed by atoms with E-state index in [0.29, 0.717) is 11.8 Å². The van der Waals surface area contributed by atoms with Crippen LogP contribution >= 0.6 is 0 Å². The monoisotopic (exact) mass is 345 g/mol. The molecule has 25 heavy (non-hydrogen) atoms. The van der Waals surface area contributed by atoms with Crippen molar-refractivity contribution in [3.8, 4) is 5.75 Å². The molecular formula is C19H27N3O3. The number of hydrogen-bond donors (Lipinski definition) is 1. The van der Waals surface area contributed by atoms with E-state index in [1.54, 1.807) is 14.0 Å².